The molecule has 0 radical (unpaired) electrons. The van der Waals surface area contributed by atoms with Crippen molar-refractivity contribution in [3.8, 4) is 0 Å². The van der Waals surface area contributed by atoms with Gasteiger partial charge in [-0.1, -0.05) is 20.8 Å². The minimum absolute atomic E-state index is 0.0467. The second-order valence-electron chi connectivity index (χ2n) is 10.6. The molecule has 10 heteroatoms. The maximum Gasteiger partial charge on any atom is 0.407 e. The Kier molecular flexibility index (Phi) is 9.47. The monoisotopic (exact) mass is 476 g/mol. The van der Waals surface area contributed by atoms with Gasteiger partial charge in [-0.25, -0.2) is 4.79 Å². The van der Waals surface area contributed by atoms with E-state index in [1.807, 2.05) is 6.92 Å². The van der Waals surface area contributed by atoms with Crippen LogP contribution in [0.2, 0.25) is 18.1 Å². The van der Waals surface area contributed by atoms with Crippen LogP contribution in [0.5, 0.6) is 0 Å². The molecule has 0 aromatic carbocycles. The van der Waals surface area contributed by atoms with Crippen LogP contribution in [-0.2, 0) is 18.8 Å². The molecule has 3 N–H and O–H groups in total. The zero-order chi connectivity index (χ0) is 24.2. The normalized spacial score (nSPS) is 21.5. The third-order valence-corrected chi connectivity index (χ3v) is 11.5. The van der Waals surface area contributed by atoms with Crippen LogP contribution < -0.4 is 10.6 Å². The summed E-state index contributed by atoms with van der Waals surface area (Å²) in [6, 6.07) is -0.191. The van der Waals surface area contributed by atoms with Crippen molar-refractivity contribution < 1.29 is 28.7 Å². The number of alkyl carbamates (subject to hydrolysis) is 1. The van der Waals surface area contributed by atoms with Crippen molar-refractivity contribution in [2.24, 2.45) is 5.92 Å². The number of thioether (sulfide) groups is 1. The van der Waals surface area contributed by atoms with Crippen LogP contribution in [0.25, 0.3) is 0 Å². The number of carboxylic acid groups (broad SMARTS) is 1. The molecule has 1 rings (SSSR count). The molecule has 1 unspecified atom stereocenters. The predicted molar refractivity (Wildman–Crippen MR) is 126 cm³/mol. The second kappa shape index (κ2) is 10.6. The first-order valence-electron chi connectivity index (χ1n) is 10.7. The summed E-state index contributed by atoms with van der Waals surface area (Å²) < 4.78 is 11.6. The molecule has 0 spiro atoms. The van der Waals surface area contributed by atoms with Crippen molar-refractivity contribution in [1.29, 1.82) is 0 Å². The number of carboxylic acids is 1. The van der Waals surface area contributed by atoms with E-state index in [-0.39, 0.29) is 36.1 Å². The van der Waals surface area contributed by atoms with Gasteiger partial charge in [0.1, 0.15) is 10.9 Å². The van der Waals surface area contributed by atoms with Crippen LogP contribution in [0.15, 0.2) is 0 Å². The summed E-state index contributed by atoms with van der Waals surface area (Å²) in [7, 11) is -2.01. The van der Waals surface area contributed by atoms with Gasteiger partial charge in [-0.05, 0) is 52.2 Å². The molecule has 0 aromatic rings. The van der Waals surface area contributed by atoms with E-state index in [4.69, 9.17) is 9.16 Å². The van der Waals surface area contributed by atoms with Crippen LogP contribution in [0.4, 0.5) is 4.79 Å². The molecule has 1 fully saturated rings. The number of carbonyl (C=O) groups excluding carboxylic acids is 2. The number of ether oxygens (including phenoxy) is 1. The summed E-state index contributed by atoms with van der Waals surface area (Å²) in [6.45, 7) is 18.4. The van der Waals surface area contributed by atoms with E-state index < -0.39 is 37.1 Å². The van der Waals surface area contributed by atoms with Crippen molar-refractivity contribution in [3.63, 3.8) is 0 Å². The van der Waals surface area contributed by atoms with E-state index in [1.165, 1.54) is 11.8 Å². The van der Waals surface area contributed by atoms with Gasteiger partial charge in [0.25, 0.3) is 0 Å². The molecule has 1 aliphatic rings. The molecule has 31 heavy (non-hydrogen) atoms. The Morgan fingerprint density at radius 3 is 2.26 bits per heavy atom. The SMILES string of the molecule is C[C@@H](O[Si](C)(C)C(C)(C)C)[C@H]1NC(=O)[C@@H]1CC(SCCNC(=O)OC(C)(C)C)C(=O)O. The molecular weight excluding hydrogens is 436 g/mol. The lowest BCUT2D eigenvalue weighted by Gasteiger charge is -2.46. The molecule has 0 saturated carbocycles. The Hall–Kier alpha value is -1.26. The first kappa shape index (κ1) is 27.8. The molecule has 1 aliphatic heterocycles. The zero-order valence-electron chi connectivity index (χ0n) is 20.3. The highest BCUT2D eigenvalue weighted by molar-refractivity contribution is 8.00. The van der Waals surface area contributed by atoms with E-state index >= 15 is 0 Å². The largest absolute Gasteiger partial charge is 0.480 e. The van der Waals surface area contributed by atoms with Gasteiger partial charge in [0.05, 0.1) is 18.1 Å². The molecule has 0 aliphatic carbocycles. The maximum absolute atomic E-state index is 12.2. The number of hydrogen-bond donors (Lipinski definition) is 3. The zero-order valence-corrected chi connectivity index (χ0v) is 22.1. The number of aliphatic carboxylic acids is 1. The highest BCUT2D eigenvalue weighted by Gasteiger charge is 2.48. The molecule has 2 amide bonds. The van der Waals surface area contributed by atoms with E-state index in [9.17, 15) is 19.5 Å². The van der Waals surface area contributed by atoms with Crippen LogP contribution in [-0.4, -0.2) is 66.7 Å². The summed E-state index contributed by atoms with van der Waals surface area (Å²) >= 11 is 1.22. The molecule has 1 heterocycles. The lowest BCUT2D eigenvalue weighted by atomic mass is 9.83. The quantitative estimate of drug-likeness (QED) is 0.251. The molecular formula is C21H40N2O6SSi. The average molecular weight is 477 g/mol. The molecule has 1 saturated heterocycles. The van der Waals surface area contributed by atoms with Crippen LogP contribution >= 0.6 is 11.8 Å². The highest BCUT2D eigenvalue weighted by atomic mass is 32.2. The Bertz CT molecular complexity index is 659. The van der Waals surface area contributed by atoms with Crippen molar-refractivity contribution in [3.05, 3.63) is 0 Å². The second-order valence-corrected chi connectivity index (χ2v) is 16.7. The third-order valence-electron chi connectivity index (χ3n) is 5.70. The summed E-state index contributed by atoms with van der Waals surface area (Å²) in [4.78, 5) is 35.6. The summed E-state index contributed by atoms with van der Waals surface area (Å²) in [5.74, 6) is -1.08. The highest BCUT2D eigenvalue weighted by Crippen LogP contribution is 2.39. The minimum atomic E-state index is -2.01. The lowest BCUT2D eigenvalue weighted by Crippen LogP contribution is -2.65. The smallest absolute Gasteiger partial charge is 0.407 e. The van der Waals surface area contributed by atoms with Gasteiger partial charge in [-0.3, -0.25) is 9.59 Å². The van der Waals surface area contributed by atoms with Gasteiger partial charge in [0, 0.05) is 12.3 Å². The van der Waals surface area contributed by atoms with Gasteiger partial charge < -0.3 is 24.9 Å². The van der Waals surface area contributed by atoms with Crippen LogP contribution in [0, 0.1) is 5.92 Å². The molecule has 4 atom stereocenters. The first-order chi connectivity index (χ1) is 13.9. The van der Waals surface area contributed by atoms with Crippen LogP contribution in [0.1, 0.15) is 54.9 Å². The van der Waals surface area contributed by atoms with E-state index in [2.05, 4.69) is 44.5 Å². The minimum Gasteiger partial charge on any atom is -0.480 e. The van der Waals surface area contributed by atoms with E-state index in [1.54, 1.807) is 20.8 Å². The summed E-state index contributed by atoms with van der Waals surface area (Å²) in [5.41, 5.74) is -0.587. The van der Waals surface area contributed by atoms with Crippen molar-refractivity contribution in [1.82, 2.24) is 10.6 Å². The molecule has 0 bridgehead atoms. The number of amides is 2. The van der Waals surface area contributed by atoms with Gasteiger partial charge >= 0.3 is 12.1 Å². The number of rotatable bonds is 10. The molecule has 8 nitrogen and oxygen atoms in total. The molecule has 180 valence electrons. The van der Waals surface area contributed by atoms with Crippen LogP contribution in [0.3, 0.4) is 0 Å². The van der Waals surface area contributed by atoms with Crippen molar-refractivity contribution in [2.75, 3.05) is 12.3 Å². The summed E-state index contributed by atoms with van der Waals surface area (Å²) in [5, 5.41) is 14.4. The summed E-state index contributed by atoms with van der Waals surface area (Å²) in [6.07, 6.45) is -0.486. The molecule has 0 aromatic heterocycles. The lowest BCUT2D eigenvalue weighted by molar-refractivity contribution is -0.141. The Balaban J connectivity index is 2.60. The van der Waals surface area contributed by atoms with E-state index in [0.29, 0.717) is 5.75 Å². The van der Waals surface area contributed by atoms with E-state index in [0.717, 1.165) is 0 Å². The Labute approximate surface area is 191 Å². The number of β-lactam (4-membered cyclic amide) rings is 1. The third kappa shape index (κ3) is 8.65. The van der Waals surface area contributed by atoms with Gasteiger partial charge in [0.15, 0.2) is 8.32 Å². The number of carbonyl (C=O) groups is 3. The van der Waals surface area contributed by atoms with Gasteiger partial charge in [-0.2, -0.15) is 0 Å². The Morgan fingerprint density at radius 1 is 1.23 bits per heavy atom. The number of hydrogen-bond acceptors (Lipinski definition) is 6. The predicted octanol–water partition coefficient (Wildman–Crippen LogP) is 3.61. The Morgan fingerprint density at radius 2 is 1.81 bits per heavy atom. The fraction of sp³-hybridized carbons (Fsp3) is 0.857. The van der Waals surface area contributed by atoms with Gasteiger partial charge in [0.2, 0.25) is 5.91 Å². The standard InChI is InChI=1S/C21H40N2O6SSi/c1-13(29-31(8,9)21(5,6)7)16-14(17(24)23-16)12-15(18(25)26)30-11-10-22-19(27)28-20(2,3)4/h13-16H,10-12H2,1-9H3,(H,22,27)(H,23,24)(H,25,26)/t13-,14-,15?,16-/m1/s1. The van der Waals surface area contributed by atoms with Crippen molar-refractivity contribution >= 4 is 38.0 Å². The van der Waals surface area contributed by atoms with Gasteiger partial charge in [-0.15, -0.1) is 11.8 Å². The topological polar surface area (TPSA) is 114 Å². The maximum atomic E-state index is 12.2. The fourth-order valence-corrected chi connectivity index (χ4v) is 5.41. The average Bonchev–Trinajstić information content (AvgIpc) is 2.55. The van der Waals surface area contributed by atoms with Crippen molar-refractivity contribution in [2.45, 2.75) is 96.0 Å². The first-order valence-corrected chi connectivity index (χ1v) is 14.7. The number of nitrogens with one attached hydrogen (secondary N) is 2. The fourth-order valence-electron chi connectivity index (χ4n) is 2.99.